The quantitative estimate of drug-likeness (QED) is 0.805. The van der Waals surface area contributed by atoms with Crippen molar-refractivity contribution < 1.29 is 8.42 Å². The van der Waals surface area contributed by atoms with E-state index in [1.54, 1.807) is 18.2 Å². The van der Waals surface area contributed by atoms with Gasteiger partial charge in [-0.15, -0.1) is 11.6 Å². The Kier molecular flexibility index (Phi) is 4.32. The molecule has 0 amide bonds. The van der Waals surface area contributed by atoms with E-state index in [4.69, 9.17) is 11.6 Å². The number of halogens is 1. The molecule has 15 heavy (non-hydrogen) atoms. The lowest BCUT2D eigenvalue weighted by Gasteiger charge is -2.04. The van der Waals surface area contributed by atoms with Gasteiger partial charge in [0.2, 0.25) is 10.0 Å². The van der Waals surface area contributed by atoms with Crippen molar-refractivity contribution >= 4 is 27.7 Å². The number of rotatable bonds is 5. The van der Waals surface area contributed by atoms with Crippen LogP contribution in [0.3, 0.4) is 0 Å². The van der Waals surface area contributed by atoms with Crippen molar-refractivity contribution in [1.82, 2.24) is 4.72 Å². The minimum Gasteiger partial charge on any atom is -0.210 e. The molecule has 1 rings (SSSR count). The van der Waals surface area contributed by atoms with Gasteiger partial charge < -0.3 is 0 Å². The van der Waals surface area contributed by atoms with Gasteiger partial charge in [-0.25, -0.2) is 13.1 Å². The molecule has 0 heterocycles. The summed E-state index contributed by atoms with van der Waals surface area (Å²) in [5.74, 6) is 0.254. The maximum atomic E-state index is 11.6. The fraction of sp³-hybridized carbons (Fsp3) is 0.200. The van der Waals surface area contributed by atoms with Gasteiger partial charge in [0.25, 0.3) is 0 Å². The number of hydrogen-bond acceptors (Lipinski definition) is 2. The predicted octanol–water partition coefficient (Wildman–Crippen LogP) is 1.85. The number of nitrogens with one attached hydrogen (secondary N) is 1. The Bertz CT molecular complexity index is 425. The van der Waals surface area contributed by atoms with Crippen molar-refractivity contribution in [3.8, 4) is 0 Å². The largest absolute Gasteiger partial charge is 0.240 e. The van der Waals surface area contributed by atoms with E-state index < -0.39 is 10.0 Å². The first kappa shape index (κ1) is 12.2. The molecule has 0 aliphatic carbocycles. The Morgan fingerprint density at radius 2 is 1.93 bits per heavy atom. The fourth-order valence-corrected chi connectivity index (χ4v) is 2.28. The Labute approximate surface area is 94.8 Å². The van der Waals surface area contributed by atoms with Gasteiger partial charge in [0.05, 0.1) is 4.90 Å². The van der Waals surface area contributed by atoms with Crippen molar-refractivity contribution in [2.75, 3.05) is 12.4 Å². The summed E-state index contributed by atoms with van der Waals surface area (Å²) < 4.78 is 25.6. The third-order valence-corrected chi connectivity index (χ3v) is 3.48. The van der Waals surface area contributed by atoms with Crippen molar-refractivity contribution in [3.63, 3.8) is 0 Å². The van der Waals surface area contributed by atoms with Crippen molar-refractivity contribution in [2.45, 2.75) is 4.90 Å². The molecule has 0 radical (unpaired) electrons. The average Bonchev–Trinajstić information content (AvgIpc) is 2.26. The second-order valence-electron chi connectivity index (χ2n) is 2.86. The zero-order valence-corrected chi connectivity index (χ0v) is 9.68. The molecule has 0 saturated carbocycles. The normalized spacial score (nSPS) is 11.3. The lowest BCUT2D eigenvalue weighted by atomic mass is 10.2. The van der Waals surface area contributed by atoms with Crippen LogP contribution in [0, 0.1) is 0 Å². The van der Waals surface area contributed by atoms with E-state index in [2.05, 4.69) is 11.3 Å². The lowest BCUT2D eigenvalue weighted by molar-refractivity contribution is 0.584. The highest BCUT2D eigenvalue weighted by molar-refractivity contribution is 7.89. The van der Waals surface area contributed by atoms with Crippen LogP contribution in [0.5, 0.6) is 0 Å². The van der Waals surface area contributed by atoms with Gasteiger partial charge in [0.15, 0.2) is 0 Å². The maximum absolute atomic E-state index is 11.6. The van der Waals surface area contributed by atoms with Crippen LogP contribution in [0.25, 0.3) is 6.08 Å². The Hall–Kier alpha value is -0.840. The van der Waals surface area contributed by atoms with E-state index in [1.165, 1.54) is 12.1 Å². The number of alkyl halides is 1. The summed E-state index contributed by atoms with van der Waals surface area (Å²) in [6, 6.07) is 6.46. The second kappa shape index (κ2) is 5.30. The molecular weight excluding hydrogens is 234 g/mol. The molecule has 0 bridgehead atoms. The van der Waals surface area contributed by atoms with Crippen LogP contribution >= 0.6 is 11.6 Å². The molecule has 1 aromatic carbocycles. The summed E-state index contributed by atoms with van der Waals surface area (Å²) in [6.45, 7) is 3.82. The van der Waals surface area contributed by atoms with Gasteiger partial charge in [-0.3, -0.25) is 0 Å². The van der Waals surface area contributed by atoms with Crippen LogP contribution in [-0.2, 0) is 10.0 Å². The molecular formula is C10H12ClNO2S. The Morgan fingerprint density at radius 1 is 1.33 bits per heavy atom. The molecule has 0 fully saturated rings. The SMILES string of the molecule is C=Cc1ccc(S(=O)(=O)NCCCl)cc1. The van der Waals surface area contributed by atoms with Gasteiger partial charge >= 0.3 is 0 Å². The summed E-state index contributed by atoms with van der Waals surface area (Å²) in [5.41, 5.74) is 0.881. The first-order valence-electron chi connectivity index (χ1n) is 4.38. The van der Waals surface area contributed by atoms with E-state index in [1.807, 2.05) is 0 Å². The van der Waals surface area contributed by atoms with Crippen molar-refractivity contribution in [2.24, 2.45) is 0 Å². The Balaban J connectivity index is 2.90. The standard InChI is InChI=1S/C10H12ClNO2S/c1-2-9-3-5-10(6-4-9)15(13,14)12-8-7-11/h2-6,12H,1,7-8H2. The lowest BCUT2D eigenvalue weighted by Crippen LogP contribution is -2.25. The average molecular weight is 246 g/mol. The minimum absolute atomic E-state index is 0.229. The third kappa shape index (κ3) is 3.34. The minimum atomic E-state index is -3.42. The second-order valence-corrected chi connectivity index (χ2v) is 5.00. The molecule has 0 atom stereocenters. The molecule has 0 aromatic heterocycles. The first-order valence-corrected chi connectivity index (χ1v) is 6.40. The molecule has 0 aliphatic rings. The molecule has 0 aliphatic heterocycles. The van der Waals surface area contributed by atoms with E-state index in [9.17, 15) is 8.42 Å². The van der Waals surface area contributed by atoms with Crippen molar-refractivity contribution in [3.05, 3.63) is 36.4 Å². The topological polar surface area (TPSA) is 46.2 Å². The summed E-state index contributed by atoms with van der Waals surface area (Å²) >= 11 is 5.40. The molecule has 1 aromatic rings. The highest BCUT2D eigenvalue weighted by Gasteiger charge is 2.11. The van der Waals surface area contributed by atoms with Gasteiger partial charge in [-0.2, -0.15) is 0 Å². The third-order valence-electron chi connectivity index (χ3n) is 1.81. The first-order chi connectivity index (χ1) is 7.10. The smallest absolute Gasteiger partial charge is 0.210 e. The Morgan fingerprint density at radius 3 is 2.40 bits per heavy atom. The summed E-state index contributed by atoms with van der Waals surface area (Å²) in [6.07, 6.45) is 1.66. The van der Waals surface area contributed by atoms with E-state index in [-0.39, 0.29) is 17.3 Å². The van der Waals surface area contributed by atoms with Crippen LogP contribution in [0.2, 0.25) is 0 Å². The van der Waals surface area contributed by atoms with Gasteiger partial charge in [-0.05, 0) is 17.7 Å². The van der Waals surface area contributed by atoms with Crippen LogP contribution in [0.4, 0.5) is 0 Å². The predicted molar refractivity (Wildman–Crippen MR) is 62.4 cm³/mol. The summed E-state index contributed by atoms with van der Waals surface area (Å²) in [5, 5.41) is 0. The molecule has 1 N–H and O–H groups in total. The fourth-order valence-electron chi connectivity index (χ4n) is 1.04. The molecule has 3 nitrogen and oxygen atoms in total. The van der Waals surface area contributed by atoms with Crippen molar-refractivity contribution in [1.29, 1.82) is 0 Å². The molecule has 0 saturated heterocycles. The highest BCUT2D eigenvalue weighted by atomic mass is 35.5. The maximum Gasteiger partial charge on any atom is 0.240 e. The van der Waals surface area contributed by atoms with E-state index >= 15 is 0 Å². The van der Waals surface area contributed by atoms with E-state index in [0.717, 1.165) is 5.56 Å². The summed E-state index contributed by atoms with van der Waals surface area (Å²) in [4.78, 5) is 0.234. The number of hydrogen-bond donors (Lipinski definition) is 1. The molecule has 0 unspecified atom stereocenters. The molecule has 0 spiro atoms. The van der Waals surface area contributed by atoms with Crippen LogP contribution in [0.1, 0.15) is 5.56 Å². The zero-order chi connectivity index (χ0) is 11.3. The van der Waals surface area contributed by atoms with E-state index in [0.29, 0.717) is 0 Å². The highest BCUT2D eigenvalue weighted by Crippen LogP contribution is 2.10. The van der Waals surface area contributed by atoms with Crippen LogP contribution < -0.4 is 4.72 Å². The molecule has 82 valence electrons. The molecule has 5 heteroatoms. The van der Waals surface area contributed by atoms with Gasteiger partial charge in [0.1, 0.15) is 0 Å². The number of benzene rings is 1. The zero-order valence-electron chi connectivity index (χ0n) is 8.11. The van der Waals surface area contributed by atoms with Gasteiger partial charge in [0, 0.05) is 12.4 Å². The summed E-state index contributed by atoms with van der Waals surface area (Å²) in [7, 11) is -3.42. The monoisotopic (exact) mass is 245 g/mol. The number of sulfonamides is 1. The van der Waals surface area contributed by atoms with Gasteiger partial charge in [-0.1, -0.05) is 24.8 Å². The van der Waals surface area contributed by atoms with Crippen LogP contribution in [0.15, 0.2) is 35.7 Å². The van der Waals surface area contributed by atoms with Crippen LogP contribution in [-0.4, -0.2) is 20.8 Å².